The number of likely N-dealkylation sites (tertiary alicyclic amines) is 1. The molecule has 8 nitrogen and oxygen atoms in total. The van der Waals surface area contributed by atoms with Crippen molar-refractivity contribution in [2.24, 2.45) is 0 Å². The van der Waals surface area contributed by atoms with E-state index >= 15 is 0 Å². The molecule has 0 saturated carbocycles. The normalized spacial score (nSPS) is 13.9. The second-order valence-electron chi connectivity index (χ2n) is 7.60. The number of halogens is 2. The molecule has 0 spiro atoms. The van der Waals surface area contributed by atoms with Crippen molar-refractivity contribution >= 4 is 40.3 Å². The minimum Gasteiger partial charge on any atom is -0.487 e. The summed E-state index contributed by atoms with van der Waals surface area (Å²) in [6.07, 6.45) is 0.742. The van der Waals surface area contributed by atoms with Crippen LogP contribution >= 0.6 is 23.2 Å². The minimum absolute atomic E-state index is 0.148. The van der Waals surface area contributed by atoms with E-state index in [2.05, 4.69) is 9.97 Å². The molecule has 1 aliphatic heterocycles. The van der Waals surface area contributed by atoms with Crippen molar-refractivity contribution in [2.75, 3.05) is 20.2 Å². The number of amides is 1. The summed E-state index contributed by atoms with van der Waals surface area (Å²) in [5.74, 6) is 0.862. The third-order valence-electron chi connectivity index (χ3n) is 5.48. The number of fused-ring (bicyclic) bond motifs is 1. The first-order valence-corrected chi connectivity index (χ1v) is 11.9. The smallest absolute Gasteiger partial charge is 0.409 e. The van der Waals surface area contributed by atoms with Crippen LogP contribution in [0.1, 0.15) is 38.1 Å². The Hall–Kier alpha value is -2.84. The van der Waals surface area contributed by atoms with Crippen molar-refractivity contribution in [1.82, 2.24) is 19.4 Å². The molecule has 0 bridgehead atoms. The maximum Gasteiger partial charge on any atom is 0.409 e. The third kappa shape index (κ3) is 5.80. The van der Waals surface area contributed by atoms with E-state index in [0.29, 0.717) is 54.5 Å². The zero-order valence-electron chi connectivity index (χ0n) is 19.7. The van der Waals surface area contributed by atoms with E-state index in [1.54, 1.807) is 34.6 Å². The molecule has 1 fully saturated rings. The molecule has 0 unspecified atom stereocenters. The van der Waals surface area contributed by atoms with Gasteiger partial charge in [0.2, 0.25) is 0 Å². The van der Waals surface area contributed by atoms with Gasteiger partial charge in [0.1, 0.15) is 11.9 Å². The molecular formula is C24H28Cl2N4O4. The van der Waals surface area contributed by atoms with Gasteiger partial charge in [0.15, 0.2) is 16.5 Å². The Labute approximate surface area is 208 Å². The lowest BCUT2D eigenvalue weighted by atomic mass is 10.1. The number of pyridine rings is 1. The number of methoxy groups -OCH3 is 1. The van der Waals surface area contributed by atoms with Crippen LogP contribution in [0.25, 0.3) is 11.0 Å². The maximum absolute atomic E-state index is 13.2. The highest BCUT2D eigenvalue weighted by Crippen LogP contribution is 2.28. The number of ether oxygens (including phenoxy) is 2. The Balaban J connectivity index is 0.00000158. The van der Waals surface area contributed by atoms with Gasteiger partial charge in [-0.25, -0.2) is 14.8 Å². The summed E-state index contributed by atoms with van der Waals surface area (Å²) < 4.78 is 12.4. The predicted molar refractivity (Wildman–Crippen MR) is 133 cm³/mol. The number of piperidine rings is 1. The van der Waals surface area contributed by atoms with E-state index in [0.717, 1.165) is 5.56 Å². The van der Waals surface area contributed by atoms with E-state index in [1.807, 2.05) is 26.0 Å². The van der Waals surface area contributed by atoms with Crippen LogP contribution in [0.3, 0.4) is 0 Å². The van der Waals surface area contributed by atoms with E-state index in [1.165, 1.54) is 7.11 Å². The number of benzene rings is 1. The summed E-state index contributed by atoms with van der Waals surface area (Å²) in [5, 5.41) is 1.11. The van der Waals surface area contributed by atoms with Gasteiger partial charge in [-0.05, 0) is 30.7 Å². The lowest BCUT2D eigenvalue weighted by molar-refractivity contribution is 0.0790. The number of hydrogen-bond acceptors (Lipinski definition) is 6. The number of aromatic nitrogens is 3. The SMILES string of the molecule is CC.COC(=O)N1CCC(Oc2cc3c(=O)n(Cc4ccc(Cl)cc4)c(C)nc3nc2Cl)CC1. The summed E-state index contributed by atoms with van der Waals surface area (Å²) in [4.78, 5) is 35.3. The Kier molecular flexibility index (Phi) is 8.74. The van der Waals surface area contributed by atoms with Gasteiger partial charge in [-0.1, -0.05) is 49.2 Å². The summed E-state index contributed by atoms with van der Waals surface area (Å²) in [5.41, 5.74) is 0.978. The Morgan fingerprint density at radius 3 is 2.38 bits per heavy atom. The molecule has 10 heteroatoms. The molecule has 34 heavy (non-hydrogen) atoms. The number of carbonyl (C=O) groups excluding carboxylic acids is 1. The lowest BCUT2D eigenvalue weighted by Gasteiger charge is -2.31. The first-order chi connectivity index (χ1) is 16.4. The zero-order chi connectivity index (χ0) is 24.8. The topological polar surface area (TPSA) is 86.5 Å². The fourth-order valence-corrected chi connectivity index (χ4v) is 4.02. The van der Waals surface area contributed by atoms with Crippen molar-refractivity contribution in [2.45, 2.75) is 46.3 Å². The van der Waals surface area contributed by atoms with Gasteiger partial charge in [0, 0.05) is 31.0 Å². The highest BCUT2D eigenvalue weighted by Gasteiger charge is 2.25. The Bertz CT molecular complexity index is 1210. The average Bonchev–Trinajstić information content (AvgIpc) is 2.85. The van der Waals surface area contributed by atoms with Crippen LogP contribution in [0, 0.1) is 6.92 Å². The lowest BCUT2D eigenvalue weighted by Crippen LogP contribution is -2.41. The second kappa shape index (κ2) is 11.5. The summed E-state index contributed by atoms with van der Waals surface area (Å²) in [7, 11) is 1.36. The second-order valence-corrected chi connectivity index (χ2v) is 8.39. The summed E-state index contributed by atoms with van der Waals surface area (Å²) >= 11 is 12.3. The molecular weight excluding hydrogens is 479 g/mol. The fourth-order valence-electron chi connectivity index (χ4n) is 3.72. The van der Waals surface area contributed by atoms with Gasteiger partial charge >= 0.3 is 6.09 Å². The number of nitrogens with zero attached hydrogens (tertiary/aromatic N) is 4. The molecule has 1 aromatic carbocycles. The van der Waals surface area contributed by atoms with Crippen molar-refractivity contribution in [3.63, 3.8) is 0 Å². The van der Waals surface area contributed by atoms with Crippen LogP contribution in [-0.4, -0.2) is 51.8 Å². The van der Waals surface area contributed by atoms with E-state index in [9.17, 15) is 9.59 Å². The van der Waals surface area contributed by atoms with Crippen LogP contribution in [0.5, 0.6) is 5.75 Å². The predicted octanol–water partition coefficient (Wildman–Crippen LogP) is 5.09. The van der Waals surface area contributed by atoms with Crippen molar-refractivity contribution in [1.29, 1.82) is 0 Å². The molecule has 0 aliphatic carbocycles. The molecule has 1 saturated heterocycles. The Morgan fingerprint density at radius 1 is 1.12 bits per heavy atom. The maximum atomic E-state index is 13.2. The molecule has 3 heterocycles. The minimum atomic E-state index is -0.350. The van der Waals surface area contributed by atoms with Gasteiger partial charge in [-0.15, -0.1) is 0 Å². The number of rotatable bonds is 4. The third-order valence-corrected chi connectivity index (χ3v) is 6.00. The number of carbonyl (C=O) groups is 1. The van der Waals surface area contributed by atoms with Gasteiger partial charge in [0.05, 0.1) is 19.0 Å². The van der Waals surface area contributed by atoms with Crippen LogP contribution in [0.15, 0.2) is 35.1 Å². The van der Waals surface area contributed by atoms with Gasteiger partial charge < -0.3 is 14.4 Å². The highest BCUT2D eigenvalue weighted by molar-refractivity contribution is 6.31. The van der Waals surface area contributed by atoms with Crippen LogP contribution < -0.4 is 10.3 Å². The van der Waals surface area contributed by atoms with Gasteiger partial charge in [0.25, 0.3) is 5.56 Å². The van der Waals surface area contributed by atoms with Crippen LogP contribution in [0.2, 0.25) is 10.2 Å². The average molecular weight is 507 g/mol. The van der Waals surface area contributed by atoms with Gasteiger partial charge in [-0.2, -0.15) is 0 Å². The number of aryl methyl sites for hydroxylation is 1. The van der Waals surface area contributed by atoms with Crippen LogP contribution in [0.4, 0.5) is 4.79 Å². The summed E-state index contributed by atoms with van der Waals surface area (Å²) in [6, 6.07) is 8.90. The molecule has 0 atom stereocenters. The fraction of sp³-hybridized carbons (Fsp3) is 0.417. The van der Waals surface area contributed by atoms with Gasteiger partial charge in [-0.3, -0.25) is 9.36 Å². The molecule has 182 valence electrons. The molecule has 2 aromatic heterocycles. The Morgan fingerprint density at radius 2 is 1.76 bits per heavy atom. The first kappa shape index (κ1) is 25.8. The van der Waals surface area contributed by atoms with E-state index in [4.69, 9.17) is 32.7 Å². The molecule has 0 radical (unpaired) electrons. The van der Waals surface area contributed by atoms with Crippen molar-refractivity contribution in [3.8, 4) is 5.75 Å². The quantitative estimate of drug-likeness (QED) is 0.458. The van der Waals surface area contributed by atoms with E-state index in [-0.39, 0.29) is 28.6 Å². The number of hydrogen-bond donors (Lipinski definition) is 0. The molecule has 1 aliphatic rings. The standard InChI is InChI=1S/C22H22Cl2N4O4.C2H6/c1-13-25-20-17(21(29)28(13)12-14-3-5-15(23)6-4-14)11-18(19(24)26-20)32-16-7-9-27(10-8-16)22(30)31-2;1-2/h3-6,11,16H,7-10,12H2,1-2H3;1-2H3. The summed E-state index contributed by atoms with van der Waals surface area (Å²) in [6.45, 7) is 7.15. The first-order valence-electron chi connectivity index (χ1n) is 11.2. The van der Waals surface area contributed by atoms with E-state index < -0.39 is 0 Å². The monoisotopic (exact) mass is 506 g/mol. The van der Waals surface area contributed by atoms with Crippen molar-refractivity contribution < 1.29 is 14.3 Å². The molecule has 1 amide bonds. The molecule has 4 rings (SSSR count). The highest BCUT2D eigenvalue weighted by atomic mass is 35.5. The van der Waals surface area contributed by atoms with Crippen LogP contribution in [-0.2, 0) is 11.3 Å². The molecule has 0 N–H and O–H groups in total. The van der Waals surface area contributed by atoms with Crippen molar-refractivity contribution in [3.05, 3.63) is 62.2 Å². The largest absolute Gasteiger partial charge is 0.487 e. The zero-order valence-corrected chi connectivity index (χ0v) is 21.2. The molecule has 3 aromatic rings.